The fraction of sp³-hybridized carbons (Fsp3) is 0.481. The maximum Gasteiger partial charge on any atom is 0.261 e. The van der Waals surface area contributed by atoms with Crippen LogP contribution in [0.5, 0.6) is 0 Å². The molecule has 0 radical (unpaired) electrons. The summed E-state index contributed by atoms with van der Waals surface area (Å²) in [6, 6.07) is 21.6. The van der Waals surface area contributed by atoms with Gasteiger partial charge in [0.25, 0.3) is 8.32 Å². The van der Waals surface area contributed by atoms with Gasteiger partial charge >= 0.3 is 0 Å². The minimum Gasteiger partial charge on any atom is -0.407 e. The zero-order valence-corrected chi connectivity index (χ0v) is 21.1. The Morgan fingerprint density at radius 3 is 1.94 bits per heavy atom. The van der Waals surface area contributed by atoms with Gasteiger partial charge < -0.3 is 13.9 Å². The van der Waals surface area contributed by atoms with Crippen molar-refractivity contribution in [1.82, 2.24) is 0 Å². The van der Waals surface area contributed by atoms with Crippen LogP contribution in [0.4, 0.5) is 0 Å². The summed E-state index contributed by atoms with van der Waals surface area (Å²) in [5.74, 6) is 0.467. The largest absolute Gasteiger partial charge is 0.407 e. The van der Waals surface area contributed by atoms with Gasteiger partial charge in [-0.2, -0.15) is 0 Å². The second-order valence-corrected chi connectivity index (χ2v) is 14.2. The predicted molar refractivity (Wildman–Crippen MR) is 131 cm³/mol. The van der Waals surface area contributed by atoms with E-state index in [1.165, 1.54) is 15.9 Å². The van der Waals surface area contributed by atoms with Crippen LogP contribution in [-0.4, -0.2) is 34.4 Å². The molecule has 0 amide bonds. The third-order valence-electron chi connectivity index (χ3n) is 6.41. The van der Waals surface area contributed by atoms with Crippen LogP contribution in [0.2, 0.25) is 5.04 Å². The molecule has 1 aliphatic rings. The third-order valence-corrected chi connectivity index (χ3v) is 11.4. The second-order valence-electron chi connectivity index (χ2n) is 9.88. The van der Waals surface area contributed by atoms with Crippen molar-refractivity contribution in [3.63, 3.8) is 0 Å². The highest BCUT2D eigenvalue weighted by atomic mass is 28.4. The number of ether oxygens (including phenoxy) is 2. The maximum atomic E-state index is 7.12. The summed E-state index contributed by atoms with van der Waals surface area (Å²) in [6.07, 6.45) is 2.07. The standard InChI is InChI=1S/C27H38O3Si/c1-20-18-21(2)26(28-7)30-25(20)22(3)19-29-31(27(4,5)6,23-14-10-8-11-15-23)24-16-12-9-13-17-24/h8-18,21-22,25-26H,19H2,1-7H3/t21-,22+,25-,26-/m0/s1. The van der Waals surface area contributed by atoms with Crippen LogP contribution < -0.4 is 10.4 Å². The normalized spacial score (nSPS) is 23.3. The second kappa shape index (κ2) is 9.82. The van der Waals surface area contributed by atoms with Crippen LogP contribution in [0.15, 0.2) is 72.3 Å². The Balaban J connectivity index is 1.96. The minimum absolute atomic E-state index is 0.000588. The molecule has 1 heterocycles. The van der Waals surface area contributed by atoms with E-state index in [9.17, 15) is 0 Å². The molecule has 0 saturated carbocycles. The molecule has 31 heavy (non-hydrogen) atoms. The van der Waals surface area contributed by atoms with Crippen molar-refractivity contribution in [3.05, 3.63) is 72.3 Å². The van der Waals surface area contributed by atoms with Gasteiger partial charge in [-0.05, 0) is 27.9 Å². The molecule has 0 aromatic heterocycles. The summed E-state index contributed by atoms with van der Waals surface area (Å²) in [5, 5.41) is 2.58. The Bertz CT molecular complexity index is 818. The van der Waals surface area contributed by atoms with Crippen molar-refractivity contribution < 1.29 is 13.9 Å². The lowest BCUT2D eigenvalue weighted by atomic mass is 9.93. The number of hydrogen-bond donors (Lipinski definition) is 0. The number of rotatable bonds is 7. The molecular weight excluding hydrogens is 400 g/mol. The highest BCUT2D eigenvalue weighted by molar-refractivity contribution is 6.99. The molecule has 0 bridgehead atoms. The zero-order chi connectivity index (χ0) is 22.6. The molecule has 4 heteroatoms. The monoisotopic (exact) mass is 438 g/mol. The van der Waals surface area contributed by atoms with Crippen molar-refractivity contribution in [2.75, 3.05) is 13.7 Å². The van der Waals surface area contributed by atoms with Crippen LogP contribution in [0, 0.1) is 11.8 Å². The Kier molecular flexibility index (Phi) is 7.58. The summed E-state index contributed by atoms with van der Waals surface area (Å²) in [5.41, 5.74) is 1.26. The Labute approximate surface area is 189 Å². The van der Waals surface area contributed by atoms with Gasteiger partial charge in [-0.3, -0.25) is 0 Å². The van der Waals surface area contributed by atoms with Gasteiger partial charge in [0.15, 0.2) is 6.29 Å². The summed E-state index contributed by atoms with van der Waals surface area (Å²) in [6.45, 7) is 14.1. The first-order valence-corrected chi connectivity index (χ1v) is 13.2. The van der Waals surface area contributed by atoms with Crippen LogP contribution in [0.25, 0.3) is 0 Å². The van der Waals surface area contributed by atoms with Gasteiger partial charge in [0.05, 0.1) is 6.10 Å². The van der Waals surface area contributed by atoms with Gasteiger partial charge in [-0.1, -0.05) is 101 Å². The lowest BCUT2D eigenvalue weighted by molar-refractivity contribution is -0.183. The van der Waals surface area contributed by atoms with Crippen molar-refractivity contribution in [2.24, 2.45) is 11.8 Å². The minimum atomic E-state index is -2.54. The average molecular weight is 439 g/mol. The quantitative estimate of drug-likeness (QED) is 0.442. The van der Waals surface area contributed by atoms with E-state index >= 15 is 0 Å². The fourth-order valence-electron chi connectivity index (χ4n) is 4.92. The lowest BCUT2D eigenvalue weighted by Gasteiger charge is -2.44. The molecule has 0 aliphatic carbocycles. The van der Waals surface area contributed by atoms with Gasteiger partial charge in [-0.25, -0.2) is 0 Å². The van der Waals surface area contributed by atoms with Gasteiger partial charge in [0.1, 0.15) is 0 Å². The molecule has 1 aliphatic heterocycles. The van der Waals surface area contributed by atoms with E-state index in [-0.39, 0.29) is 29.3 Å². The van der Waals surface area contributed by atoms with E-state index in [0.29, 0.717) is 6.61 Å². The number of methoxy groups -OCH3 is 1. The lowest BCUT2D eigenvalue weighted by Crippen LogP contribution is -2.67. The highest BCUT2D eigenvalue weighted by Crippen LogP contribution is 2.38. The molecule has 2 aromatic rings. The Morgan fingerprint density at radius 1 is 0.968 bits per heavy atom. The first kappa shape index (κ1) is 23.9. The van der Waals surface area contributed by atoms with E-state index in [1.807, 2.05) is 0 Å². The molecule has 3 rings (SSSR count). The molecule has 3 nitrogen and oxygen atoms in total. The molecule has 0 fully saturated rings. The van der Waals surface area contributed by atoms with Crippen molar-refractivity contribution in [1.29, 1.82) is 0 Å². The van der Waals surface area contributed by atoms with Gasteiger partial charge in [0.2, 0.25) is 0 Å². The molecule has 0 unspecified atom stereocenters. The molecule has 0 spiro atoms. The number of benzene rings is 2. The summed E-state index contributed by atoms with van der Waals surface area (Å²) in [4.78, 5) is 0. The maximum absolute atomic E-state index is 7.12. The molecular formula is C27H38O3Si. The summed E-state index contributed by atoms with van der Waals surface area (Å²) >= 11 is 0. The predicted octanol–water partition coefficient (Wildman–Crippen LogP) is 5.15. The van der Waals surface area contributed by atoms with E-state index in [4.69, 9.17) is 13.9 Å². The average Bonchev–Trinajstić information content (AvgIpc) is 2.74. The van der Waals surface area contributed by atoms with Crippen LogP contribution in [0.3, 0.4) is 0 Å². The van der Waals surface area contributed by atoms with Gasteiger partial charge in [0, 0.05) is 25.6 Å². The van der Waals surface area contributed by atoms with E-state index in [2.05, 4.69) is 108 Å². The number of hydrogen-bond acceptors (Lipinski definition) is 3. The molecule has 4 atom stereocenters. The topological polar surface area (TPSA) is 27.7 Å². The molecule has 2 aromatic carbocycles. The SMILES string of the molecule is CO[C@H]1O[C@H]([C@H](C)CO[Si](c2ccccc2)(c2ccccc2)C(C)(C)C)C(C)=C[C@@H]1C. The summed E-state index contributed by atoms with van der Waals surface area (Å²) in [7, 11) is -0.824. The first-order chi connectivity index (χ1) is 14.7. The molecule has 0 N–H and O–H groups in total. The van der Waals surface area contributed by atoms with E-state index in [0.717, 1.165) is 0 Å². The fourth-order valence-corrected chi connectivity index (χ4v) is 9.59. The van der Waals surface area contributed by atoms with Crippen LogP contribution in [-0.2, 0) is 13.9 Å². The molecule has 168 valence electrons. The highest BCUT2D eigenvalue weighted by Gasteiger charge is 2.50. The molecule has 0 saturated heterocycles. The van der Waals surface area contributed by atoms with Crippen LogP contribution in [0.1, 0.15) is 41.5 Å². The van der Waals surface area contributed by atoms with E-state index < -0.39 is 8.32 Å². The van der Waals surface area contributed by atoms with Crippen molar-refractivity contribution in [2.45, 2.75) is 59.0 Å². The van der Waals surface area contributed by atoms with Crippen molar-refractivity contribution >= 4 is 18.7 Å². The Morgan fingerprint density at radius 2 is 1.48 bits per heavy atom. The van der Waals surface area contributed by atoms with Gasteiger partial charge in [-0.15, -0.1) is 0 Å². The Hall–Kier alpha value is -1.72. The first-order valence-electron chi connectivity index (χ1n) is 11.3. The smallest absolute Gasteiger partial charge is 0.261 e. The van der Waals surface area contributed by atoms with Crippen molar-refractivity contribution in [3.8, 4) is 0 Å². The third kappa shape index (κ3) is 4.88. The van der Waals surface area contributed by atoms with Crippen LogP contribution >= 0.6 is 0 Å². The zero-order valence-electron chi connectivity index (χ0n) is 20.1. The van der Waals surface area contributed by atoms with E-state index in [1.54, 1.807) is 7.11 Å². The summed E-state index contributed by atoms with van der Waals surface area (Å²) < 4.78 is 19.0.